The van der Waals surface area contributed by atoms with Crippen LogP contribution in [0.3, 0.4) is 0 Å². The summed E-state index contributed by atoms with van der Waals surface area (Å²) in [7, 11) is 0. The van der Waals surface area contributed by atoms with Crippen molar-refractivity contribution in [2.45, 2.75) is 6.18 Å². The standard InChI is InChI=1S/C19H14F4N2O4/c20-14-3-1-2-4-15(14)24-18(28)25-16(26)11-29-17(27)10-7-12-5-8-13(9-6-12)19(21,22)23/h1-10H,11H2,(H2,24,25,26,28)/b10-7+. The summed E-state index contributed by atoms with van der Waals surface area (Å²) in [5.74, 6) is -2.61. The zero-order valence-corrected chi connectivity index (χ0v) is 14.6. The number of urea groups is 1. The Hall–Kier alpha value is -3.69. The summed E-state index contributed by atoms with van der Waals surface area (Å²) < 4.78 is 55.4. The highest BCUT2D eigenvalue weighted by Crippen LogP contribution is 2.29. The Bertz CT molecular complexity index is 925. The molecule has 0 saturated heterocycles. The molecular weight excluding hydrogens is 396 g/mol. The van der Waals surface area contributed by atoms with E-state index in [1.165, 1.54) is 24.3 Å². The number of ether oxygens (including phenoxy) is 1. The van der Waals surface area contributed by atoms with Gasteiger partial charge >= 0.3 is 18.2 Å². The Morgan fingerprint density at radius 1 is 1.00 bits per heavy atom. The van der Waals surface area contributed by atoms with Crippen LogP contribution in [0.2, 0.25) is 0 Å². The Labute approximate surface area is 162 Å². The van der Waals surface area contributed by atoms with Crippen LogP contribution in [-0.2, 0) is 20.5 Å². The van der Waals surface area contributed by atoms with Crippen LogP contribution in [-0.4, -0.2) is 24.5 Å². The van der Waals surface area contributed by atoms with Crippen LogP contribution in [0, 0.1) is 5.82 Å². The van der Waals surface area contributed by atoms with Crippen molar-refractivity contribution in [2.24, 2.45) is 0 Å². The van der Waals surface area contributed by atoms with Gasteiger partial charge in [0.2, 0.25) is 0 Å². The summed E-state index contributed by atoms with van der Waals surface area (Å²) in [5.41, 5.74) is -0.666. The molecule has 152 valence electrons. The lowest BCUT2D eigenvalue weighted by Crippen LogP contribution is -2.37. The molecule has 0 aliphatic heterocycles. The Balaban J connectivity index is 1.78. The SMILES string of the molecule is O=C(COC(=O)/C=C/c1ccc(C(F)(F)F)cc1)NC(=O)Nc1ccccc1F. The maximum Gasteiger partial charge on any atom is 0.416 e. The molecule has 3 amide bonds. The molecule has 0 heterocycles. The quantitative estimate of drug-likeness (QED) is 0.447. The van der Waals surface area contributed by atoms with Crippen molar-refractivity contribution in [3.8, 4) is 0 Å². The van der Waals surface area contributed by atoms with Gasteiger partial charge in [-0.3, -0.25) is 10.1 Å². The van der Waals surface area contributed by atoms with Crippen molar-refractivity contribution in [3.05, 3.63) is 71.6 Å². The number of alkyl halides is 3. The van der Waals surface area contributed by atoms with E-state index >= 15 is 0 Å². The highest BCUT2D eigenvalue weighted by atomic mass is 19.4. The predicted octanol–water partition coefficient (Wildman–Crippen LogP) is 3.75. The number of benzene rings is 2. The lowest BCUT2D eigenvalue weighted by Gasteiger charge is -2.07. The average molecular weight is 410 g/mol. The molecule has 0 aromatic heterocycles. The van der Waals surface area contributed by atoms with Crippen molar-refractivity contribution in [1.82, 2.24) is 5.32 Å². The summed E-state index contributed by atoms with van der Waals surface area (Å²) in [6, 6.07) is 8.30. The van der Waals surface area contributed by atoms with Gasteiger partial charge in [-0.1, -0.05) is 24.3 Å². The van der Waals surface area contributed by atoms with E-state index in [-0.39, 0.29) is 5.69 Å². The Morgan fingerprint density at radius 3 is 2.28 bits per heavy atom. The smallest absolute Gasteiger partial charge is 0.416 e. The summed E-state index contributed by atoms with van der Waals surface area (Å²) in [4.78, 5) is 34.7. The van der Waals surface area contributed by atoms with Gasteiger partial charge in [-0.05, 0) is 35.9 Å². The number of para-hydroxylation sites is 1. The van der Waals surface area contributed by atoms with Crippen LogP contribution in [0.15, 0.2) is 54.6 Å². The molecule has 2 aromatic carbocycles. The zero-order chi connectivity index (χ0) is 21.4. The van der Waals surface area contributed by atoms with E-state index in [4.69, 9.17) is 0 Å². The van der Waals surface area contributed by atoms with Gasteiger partial charge in [0, 0.05) is 6.08 Å². The molecule has 0 aliphatic carbocycles. The highest BCUT2D eigenvalue weighted by molar-refractivity contribution is 6.02. The van der Waals surface area contributed by atoms with E-state index in [1.54, 1.807) is 0 Å². The number of amides is 3. The number of nitrogens with one attached hydrogen (secondary N) is 2. The second-order valence-electron chi connectivity index (χ2n) is 5.54. The minimum absolute atomic E-state index is 0.144. The van der Waals surface area contributed by atoms with Gasteiger partial charge < -0.3 is 10.1 Å². The number of carbonyl (C=O) groups excluding carboxylic acids is 3. The summed E-state index contributed by atoms with van der Waals surface area (Å²) in [5, 5.41) is 3.95. The lowest BCUT2D eigenvalue weighted by molar-refractivity contribution is -0.143. The van der Waals surface area contributed by atoms with Gasteiger partial charge in [-0.15, -0.1) is 0 Å². The summed E-state index contributed by atoms with van der Waals surface area (Å²) >= 11 is 0. The number of anilines is 1. The van der Waals surface area contributed by atoms with Crippen molar-refractivity contribution < 1.29 is 36.7 Å². The first-order valence-corrected chi connectivity index (χ1v) is 8.02. The highest BCUT2D eigenvalue weighted by Gasteiger charge is 2.29. The Morgan fingerprint density at radius 2 is 1.66 bits per heavy atom. The third-order valence-corrected chi connectivity index (χ3v) is 3.37. The van der Waals surface area contributed by atoms with Crippen molar-refractivity contribution in [3.63, 3.8) is 0 Å². The number of rotatable bonds is 5. The van der Waals surface area contributed by atoms with E-state index in [1.807, 2.05) is 5.32 Å². The van der Waals surface area contributed by atoms with E-state index in [0.29, 0.717) is 5.56 Å². The monoisotopic (exact) mass is 410 g/mol. The van der Waals surface area contributed by atoms with E-state index < -0.39 is 42.1 Å². The molecule has 0 unspecified atom stereocenters. The van der Waals surface area contributed by atoms with Crippen molar-refractivity contribution in [1.29, 1.82) is 0 Å². The van der Waals surface area contributed by atoms with Crippen LogP contribution < -0.4 is 10.6 Å². The van der Waals surface area contributed by atoms with Gasteiger partial charge in [0.25, 0.3) is 5.91 Å². The first-order valence-electron chi connectivity index (χ1n) is 8.02. The third kappa shape index (κ3) is 7.09. The molecule has 0 saturated carbocycles. The van der Waals surface area contributed by atoms with Crippen molar-refractivity contribution >= 4 is 29.7 Å². The molecule has 2 N–H and O–H groups in total. The minimum atomic E-state index is -4.47. The van der Waals surface area contributed by atoms with E-state index in [0.717, 1.165) is 36.4 Å². The molecule has 29 heavy (non-hydrogen) atoms. The lowest BCUT2D eigenvalue weighted by atomic mass is 10.1. The number of esters is 1. The predicted molar refractivity (Wildman–Crippen MR) is 95.0 cm³/mol. The fraction of sp³-hybridized carbons (Fsp3) is 0.105. The van der Waals surface area contributed by atoms with E-state index in [9.17, 15) is 31.9 Å². The molecule has 0 radical (unpaired) electrons. The Kier molecular flexibility index (Phi) is 7.07. The normalized spacial score (nSPS) is 11.2. The number of carbonyl (C=O) groups is 3. The largest absolute Gasteiger partial charge is 0.452 e. The molecule has 6 nitrogen and oxygen atoms in total. The number of hydrogen-bond donors (Lipinski definition) is 2. The minimum Gasteiger partial charge on any atom is -0.452 e. The number of hydrogen-bond acceptors (Lipinski definition) is 4. The maximum atomic E-state index is 13.4. The van der Waals surface area contributed by atoms with Gasteiger partial charge in [0.1, 0.15) is 5.82 Å². The first-order chi connectivity index (χ1) is 13.6. The van der Waals surface area contributed by atoms with Gasteiger partial charge in [-0.2, -0.15) is 13.2 Å². The van der Waals surface area contributed by atoms with Gasteiger partial charge in [-0.25, -0.2) is 14.0 Å². The molecule has 0 bridgehead atoms. The van der Waals surface area contributed by atoms with Crippen LogP contribution in [0.4, 0.5) is 28.0 Å². The fourth-order valence-corrected chi connectivity index (χ4v) is 2.01. The zero-order valence-electron chi connectivity index (χ0n) is 14.6. The molecule has 0 atom stereocenters. The number of halogens is 4. The average Bonchev–Trinajstić information content (AvgIpc) is 2.66. The molecule has 2 rings (SSSR count). The third-order valence-electron chi connectivity index (χ3n) is 3.37. The second kappa shape index (κ2) is 9.49. The molecule has 0 aliphatic rings. The van der Waals surface area contributed by atoms with Crippen LogP contribution in [0.25, 0.3) is 6.08 Å². The molecule has 0 fully saturated rings. The molecule has 10 heteroatoms. The van der Waals surface area contributed by atoms with Gasteiger partial charge in [0.15, 0.2) is 6.61 Å². The second-order valence-corrected chi connectivity index (χ2v) is 5.54. The topological polar surface area (TPSA) is 84.5 Å². The fourth-order valence-electron chi connectivity index (χ4n) is 2.01. The first kappa shape index (κ1) is 21.6. The molecular formula is C19H14F4N2O4. The molecule has 0 spiro atoms. The van der Waals surface area contributed by atoms with Crippen LogP contribution in [0.1, 0.15) is 11.1 Å². The van der Waals surface area contributed by atoms with E-state index in [2.05, 4.69) is 10.1 Å². The van der Waals surface area contributed by atoms with Crippen LogP contribution >= 0.6 is 0 Å². The summed E-state index contributed by atoms with van der Waals surface area (Å²) in [6.45, 7) is -0.791. The number of imide groups is 1. The van der Waals surface area contributed by atoms with Gasteiger partial charge in [0.05, 0.1) is 11.3 Å². The summed E-state index contributed by atoms with van der Waals surface area (Å²) in [6.07, 6.45) is -2.35. The van der Waals surface area contributed by atoms with Crippen LogP contribution in [0.5, 0.6) is 0 Å². The van der Waals surface area contributed by atoms with Crippen molar-refractivity contribution in [2.75, 3.05) is 11.9 Å². The molecule has 2 aromatic rings. The maximum absolute atomic E-state index is 13.4.